The summed E-state index contributed by atoms with van der Waals surface area (Å²) in [6, 6.07) is 16.4. The van der Waals surface area contributed by atoms with E-state index in [0.717, 1.165) is 15.4 Å². The predicted molar refractivity (Wildman–Crippen MR) is 139 cm³/mol. The number of benzene rings is 3. The van der Waals surface area contributed by atoms with E-state index < -0.39 is 10.8 Å². The summed E-state index contributed by atoms with van der Waals surface area (Å²) in [5, 5.41) is 15.9. The van der Waals surface area contributed by atoms with E-state index in [-0.39, 0.29) is 23.1 Å². The molecule has 184 valence electrons. The Kier molecular flexibility index (Phi) is 7.87. The van der Waals surface area contributed by atoms with Gasteiger partial charge in [0.05, 0.1) is 22.8 Å². The van der Waals surface area contributed by atoms with E-state index in [4.69, 9.17) is 25.5 Å². The van der Waals surface area contributed by atoms with Gasteiger partial charge in [-0.05, 0) is 66.6 Å². The zero-order valence-electron chi connectivity index (χ0n) is 18.9. The van der Waals surface area contributed by atoms with Crippen LogP contribution in [0.3, 0.4) is 0 Å². The van der Waals surface area contributed by atoms with Gasteiger partial charge in [-0.2, -0.15) is 5.10 Å². The summed E-state index contributed by atoms with van der Waals surface area (Å²) in [5.41, 5.74) is 4.31. The second-order valence-corrected chi connectivity index (χ2v) is 8.79. The lowest BCUT2D eigenvalue weighted by atomic mass is 10.2. The van der Waals surface area contributed by atoms with Crippen molar-refractivity contribution in [2.24, 2.45) is 5.10 Å². The lowest BCUT2D eigenvalue weighted by Gasteiger charge is -2.14. The number of hydrogen-bond acceptors (Lipinski definition) is 7. The van der Waals surface area contributed by atoms with Gasteiger partial charge in [0.2, 0.25) is 0 Å². The molecule has 0 saturated carbocycles. The number of hydrazone groups is 1. The van der Waals surface area contributed by atoms with Crippen molar-refractivity contribution < 1.29 is 23.6 Å². The largest absolute Gasteiger partial charge is 0.490 e. The number of hydrogen-bond donors (Lipinski definition) is 1. The summed E-state index contributed by atoms with van der Waals surface area (Å²) in [7, 11) is 0. The molecular formula is C25H19BrClN3O6. The normalized spacial score (nSPS) is 11.1. The van der Waals surface area contributed by atoms with Crippen LogP contribution in [0.15, 0.2) is 74.7 Å². The summed E-state index contributed by atoms with van der Waals surface area (Å²) in [4.78, 5) is 22.8. The zero-order valence-corrected chi connectivity index (χ0v) is 21.2. The molecular weight excluding hydrogens is 554 g/mol. The van der Waals surface area contributed by atoms with Gasteiger partial charge in [0, 0.05) is 22.0 Å². The monoisotopic (exact) mass is 571 g/mol. The molecule has 0 aliphatic heterocycles. The van der Waals surface area contributed by atoms with E-state index in [1.165, 1.54) is 18.3 Å². The molecule has 0 unspecified atom stereocenters. The van der Waals surface area contributed by atoms with E-state index in [2.05, 4.69) is 26.5 Å². The predicted octanol–water partition coefficient (Wildman–Crippen LogP) is 6.50. The molecule has 1 aromatic heterocycles. The Bertz CT molecular complexity index is 1450. The van der Waals surface area contributed by atoms with E-state index in [1.807, 2.05) is 19.1 Å². The minimum absolute atomic E-state index is 0.00378. The number of ether oxygens (including phenoxy) is 2. The summed E-state index contributed by atoms with van der Waals surface area (Å²) >= 11 is 9.82. The third-order valence-electron chi connectivity index (χ3n) is 4.94. The maximum atomic E-state index is 12.4. The average molecular weight is 573 g/mol. The van der Waals surface area contributed by atoms with Gasteiger partial charge in [0.15, 0.2) is 17.3 Å². The second kappa shape index (κ2) is 11.2. The van der Waals surface area contributed by atoms with Crippen LogP contribution in [0.5, 0.6) is 11.5 Å². The van der Waals surface area contributed by atoms with Crippen LogP contribution in [0.25, 0.3) is 11.0 Å². The highest BCUT2D eigenvalue weighted by Crippen LogP contribution is 2.37. The third-order valence-corrected chi connectivity index (χ3v) is 5.72. The van der Waals surface area contributed by atoms with Crippen molar-refractivity contribution in [3.05, 3.63) is 97.2 Å². The van der Waals surface area contributed by atoms with Crippen molar-refractivity contribution in [3.8, 4) is 11.5 Å². The maximum absolute atomic E-state index is 12.4. The van der Waals surface area contributed by atoms with Crippen LogP contribution in [0, 0.1) is 10.1 Å². The number of furan rings is 1. The van der Waals surface area contributed by atoms with Crippen molar-refractivity contribution >= 4 is 56.3 Å². The van der Waals surface area contributed by atoms with Crippen LogP contribution in [0.2, 0.25) is 5.02 Å². The molecule has 0 fully saturated rings. The van der Waals surface area contributed by atoms with Gasteiger partial charge in [0.1, 0.15) is 12.2 Å². The Morgan fingerprint density at radius 1 is 1.17 bits per heavy atom. The molecule has 1 heterocycles. The number of nitrogens with one attached hydrogen (secondary N) is 1. The molecule has 3 aromatic carbocycles. The molecule has 0 bridgehead atoms. The Labute approximate surface area is 218 Å². The first-order chi connectivity index (χ1) is 17.3. The Hall–Kier alpha value is -3.89. The number of halogens is 2. The molecule has 4 aromatic rings. The number of fused-ring (bicyclic) bond motifs is 1. The molecule has 9 nitrogen and oxygen atoms in total. The fourth-order valence-electron chi connectivity index (χ4n) is 3.28. The number of nitro groups is 1. The lowest BCUT2D eigenvalue weighted by molar-refractivity contribution is -0.384. The maximum Gasteiger partial charge on any atom is 0.307 e. The van der Waals surface area contributed by atoms with Gasteiger partial charge in [-0.25, -0.2) is 5.43 Å². The molecule has 0 aliphatic carbocycles. The molecule has 0 aliphatic rings. The summed E-state index contributed by atoms with van der Waals surface area (Å²) in [6.45, 7) is 2.32. The molecule has 0 spiro atoms. The second-order valence-electron chi connectivity index (χ2n) is 7.47. The molecule has 0 saturated heterocycles. The summed E-state index contributed by atoms with van der Waals surface area (Å²) < 4.78 is 17.9. The van der Waals surface area contributed by atoms with Crippen molar-refractivity contribution in [2.75, 3.05) is 6.61 Å². The number of nitro benzene ring substituents is 1. The van der Waals surface area contributed by atoms with Crippen LogP contribution < -0.4 is 14.9 Å². The summed E-state index contributed by atoms with van der Waals surface area (Å²) in [5.74, 6) is 0.343. The first kappa shape index (κ1) is 25.2. The Balaban J connectivity index is 1.45. The van der Waals surface area contributed by atoms with Crippen LogP contribution in [-0.4, -0.2) is 23.7 Å². The quantitative estimate of drug-likeness (QED) is 0.139. The zero-order chi connectivity index (χ0) is 25.7. The van der Waals surface area contributed by atoms with E-state index >= 15 is 0 Å². The van der Waals surface area contributed by atoms with Crippen molar-refractivity contribution in [3.63, 3.8) is 0 Å². The Morgan fingerprint density at radius 3 is 2.67 bits per heavy atom. The van der Waals surface area contributed by atoms with E-state index in [9.17, 15) is 14.9 Å². The lowest BCUT2D eigenvalue weighted by Crippen LogP contribution is -2.16. The van der Waals surface area contributed by atoms with Gasteiger partial charge in [0.25, 0.3) is 5.69 Å². The SMILES string of the molecule is CCOc1cc(/C=N/NC(=O)c2cc3cc(Br)ccc3o2)cc(Cl)c1OCc1ccc([N+](=O)[O-])cc1. The van der Waals surface area contributed by atoms with Crippen LogP contribution in [0.4, 0.5) is 5.69 Å². The van der Waals surface area contributed by atoms with Crippen molar-refractivity contribution in [2.45, 2.75) is 13.5 Å². The molecule has 1 amide bonds. The number of rotatable bonds is 9. The van der Waals surface area contributed by atoms with E-state index in [0.29, 0.717) is 29.3 Å². The van der Waals surface area contributed by atoms with Crippen LogP contribution >= 0.6 is 27.5 Å². The van der Waals surface area contributed by atoms with Gasteiger partial charge < -0.3 is 13.9 Å². The van der Waals surface area contributed by atoms with Crippen LogP contribution in [-0.2, 0) is 6.61 Å². The molecule has 36 heavy (non-hydrogen) atoms. The highest BCUT2D eigenvalue weighted by atomic mass is 79.9. The number of nitrogens with zero attached hydrogens (tertiary/aromatic N) is 2. The molecule has 0 radical (unpaired) electrons. The molecule has 1 N–H and O–H groups in total. The molecule has 0 atom stereocenters. The standard InChI is InChI=1S/C25H19BrClN3O6/c1-2-34-22-10-16(9-20(27)24(22)35-14-15-3-6-19(7-4-15)30(32)33)13-28-29-25(31)23-12-17-11-18(26)5-8-21(17)36-23/h3-13H,2,14H2,1H3,(H,29,31)/b28-13+. The highest BCUT2D eigenvalue weighted by molar-refractivity contribution is 9.10. The van der Waals surface area contributed by atoms with Gasteiger partial charge in [-0.1, -0.05) is 27.5 Å². The Morgan fingerprint density at radius 2 is 1.94 bits per heavy atom. The average Bonchev–Trinajstić information content (AvgIpc) is 3.27. The number of non-ortho nitro benzene ring substituents is 1. The minimum Gasteiger partial charge on any atom is -0.490 e. The summed E-state index contributed by atoms with van der Waals surface area (Å²) in [6.07, 6.45) is 1.42. The highest BCUT2D eigenvalue weighted by Gasteiger charge is 2.14. The molecule has 11 heteroatoms. The topological polar surface area (TPSA) is 116 Å². The smallest absolute Gasteiger partial charge is 0.307 e. The van der Waals surface area contributed by atoms with Gasteiger partial charge in [-0.3, -0.25) is 14.9 Å². The van der Waals surface area contributed by atoms with Crippen molar-refractivity contribution in [1.29, 1.82) is 0 Å². The number of carbonyl (C=O) groups is 1. The van der Waals surface area contributed by atoms with E-state index in [1.54, 1.807) is 36.4 Å². The van der Waals surface area contributed by atoms with Gasteiger partial charge in [-0.15, -0.1) is 0 Å². The first-order valence-electron chi connectivity index (χ1n) is 10.7. The fourth-order valence-corrected chi connectivity index (χ4v) is 3.93. The minimum atomic E-state index is -0.502. The van der Waals surface area contributed by atoms with Gasteiger partial charge >= 0.3 is 5.91 Å². The van der Waals surface area contributed by atoms with Crippen molar-refractivity contribution in [1.82, 2.24) is 5.43 Å². The number of amides is 1. The first-order valence-corrected chi connectivity index (χ1v) is 11.9. The third kappa shape index (κ3) is 6.02. The molecule has 4 rings (SSSR count). The fraction of sp³-hybridized carbons (Fsp3) is 0.120. The number of carbonyl (C=O) groups excluding carboxylic acids is 1. The van der Waals surface area contributed by atoms with Crippen LogP contribution in [0.1, 0.15) is 28.6 Å².